The van der Waals surface area contributed by atoms with Crippen LogP contribution in [0.25, 0.3) is 0 Å². The number of ether oxygens (including phenoxy) is 2. The summed E-state index contributed by atoms with van der Waals surface area (Å²) < 4.78 is 15.5. The van der Waals surface area contributed by atoms with Crippen LogP contribution < -0.4 is 0 Å². The highest BCUT2D eigenvalue weighted by atomic mass is 16.6. The van der Waals surface area contributed by atoms with Gasteiger partial charge in [0.15, 0.2) is 0 Å². The van der Waals surface area contributed by atoms with Gasteiger partial charge in [-0.2, -0.15) is 0 Å². The van der Waals surface area contributed by atoms with Crippen LogP contribution in [0.3, 0.4) is 0 Å². The quantitative estimate of drug-likeness (QED) is 0.549. The van der Waals surface area contributed by atoms with Crippen molar-refractivity contribution in [2.75, 3.05) is 6.61 Å². The van der Waals surface area contributed by atoms with Gasteiger partial charge >= 0.3 is 5.97 Å². The molecular formula is C11H12O4. The van der Waals surface area contributed by atoms with Crippen molar-refractivity contribution in [1.29, 1.82) is 0 Å². The average Bonchev–Trinajstić information content (AvgIpc) is 2.71. The second-order valence-corrected chi connectivity index (χ2v) is 3.34. The van der Waals surface area contributed by atoms with E-state index in [0.29, 0.717) is 6.61 Å². The fourth-order valence-corrected chi connectivity index (χ4v) is 1.47. The first-order valence-electron chi connectivity index (χ1n) is 4.75. The maximum atomic E-state index is 10.7. The fourth-order valence-electron chi connectivity index (χ4n) is 1.47. The van der Waals surface area contributed by atoms with Gasteiger partial charge < -0.3 is 13.9 Å². The van der Waals surface area contributed by atoms with E-state index in [1.165, 1.54) is 6.92 Å². The number of carbonyl (C=O) groups is 1. The number of furan rings is 1. The lowest BCUT2D eigenvalue weighted by Gasteiger charge is -2.22. The molecule has 4 nitrogen and oxygen atoms in total. The van der Waals surface area contributed by atoms with E-state index in [2.05, 4.69) is 0 Å². The highest BCUT2D eigenvalue weighted by Crippen LogP contribution is 2.23. The smallest absolute Gasteiger partial charge is 0.303 e. The third kappa shape index (κ3) is 2.47. The maximum Gasteiger partial charge on any atom is 0.303 e. The molecule has 0 N–H and O–H groups in total. The van der Waals surface area contributed by atoms with Gasteiger partial charge in [0.2, 0.25) is 0 Å². The van der Waals surface area contributed by atoms with Crippen molar-refractivity contribution in [1.82, 2.24) is 0 Å². The molecule has 15 heavy (non-hydrogen) atoms. The van der Waals surface area contributed by atoms with Crippen LogP contribution in [0.5, 0.6) is 0 Å². The second-order valence-electron chi connectivity index (χ2n) is 3.34. The van der Waals surface area contributed by atoms with Gasteiger partial charge in [0.1, 0.15) is 12.2 Å². The fraction of sp³-hybridized carbons (Fsp3) is 0.364. The summed E-state index contributed by atoms with van der Waals surface area (Å²) in [6, 6.07) is 1.85. The Morgan fingerprint density at radius 2 is 2.40 bits per heavy atom. The predicted molar refractivity (Wildman–Crippen MR) is 52.1 cm³/mol. The highest BCUT2D eigenvalue weighted by molar-refractivity contribution is 5.66. The SMILES string of the molecule is CC(=O)O[C@H]1C=C[C@H](c2ccoc2)OC1. The standard InChI is InChI=1S/C11H12O4/c1-8(12)15-10-2-3-11(14-7-10)9-4-5-13-6-9/h2-6,10-11H,7H2,1H3/t10-,11+/m0/s1. The summed E-state index contributed by atoms with van der Waals surface area (Å²) in [5, 5.41) is 0. The second kappa shape index (κ2) is 4.31. The molecule has 2 heterocycles. The van der Waals surface area contributed by atoms with Gasteiger partial charge in [-0.3, -0.25) is 4.79 Å². The topological polar surface area (TPSA) is 48.7 Å². The molecule has 2 rings (SSSR count). The number of hydrogen-bond acceptors (Lipinski definition) is 4. The van der Waals surface area contributed by atoms with Crippen molar-refractivity contribution in [2.45, 2.75) is 19.1 Å². The normalized spacial score (nSPS) is 25.1. The minimum atomic E-state index is -0.296. The first-order chi connectivity index (χ1) is 7.25. The number of esters is 1. The van der Waals surface area contributed by atoms with Crippen molar-refractivity contribution in [3.63, 3.8) is 0 Å². The Morgan fingerprint density at radius 3 is 2.93 bits per heavy atom. The van der Waals surface area contributed by atoms with Crippen molar-refractivity contribution in [3.8, 4) is 0 Å². The molecule has 0 fully saturated rings. The van der Waals surface area contributed by atoms with Gasteiger partial charge in [-0.25, -0.2) is 0 Å². The Morgan fingerprint density at radius 1 is 1.53 bits per heavy atom. The Balaban J connectivity index is 1.97. The molecule has 0 spiro atoms. The number of hydrogen-bond donors (Lipinski definition) is 0. The Kier molecular flexibility index (Phi) is 2.87. The number of rotatable bonds is 2. The molecule has 4 heteroatoms. The summed E-state index contributed by atoms with van der Waals surface area (Å²) in [6.07, 6.45) is 6.57. The zero-order chi connectivity index (χ0) is 10.7. The predicted octanol–water partition coefficient (Wildman–Crippen LogP) is 1.84. The molecule has 0 aromatic carbocycles. The van der Waals surface area contributed by atoms with Crippen molar-refractivity contribution in [3.05, 3.63) is 36.3 Å². The lowest BCUT2D eigenvalue weighted by molar-refractivity contribution is -0.148. The highest BCUT2D eigenvalue weighted by Gasteiger charge is 2.19. The van der Waals surface area contributed by atoms with Gasteiger partial charge in [-0.15, -0.1) is 0 Å². The molecule has 1 aliphatic rings. The van der Waals surface area contributed by atoms with Crippen molar-refractivity contribution in [2.24, 2.45) is 0 Å². The van der Waals surface area contributed by atoms with Gasteiger partial charge in [0.25, 0.3) is 0 Å². The molecule has 1 aromatic rings. The minimum Gasteiger partial charge on any atom is -0.472 e. The molecule has 80 valence electrons. The van der Waals surface area contributed by atoms with Crippen LogP contribution in [0.15, 0.2) is 35.2 Å². The zero-order valence-electron chi connectivity index (χ0n) is 8.38. The van der Waals surface area contributed by atoms with Crippen molar-refractivity contribution < 1.29 is 18.7 Å². The van der Waals surface area contributed by atoms with Crippen LogP contribution >= 0.6 is 0 Å². The molecule has 0 unspecified atom stereocenters. The van der Waals surface area contributed by atoms with Crippen LogP contribution in [-0.4, -0.2) is 18.7 Å². The summed E-state index contributed by atoms with van der Waals surface area (Å²) in [5.74, 6) is -0.296. The van der Waals surface area contributed by atoms with E-state index in [4.69, 9.17) is 13.9 Å². The molecule has 0 bridgehead atoms. The summed E-state index contributed by atoms with van der Waals surface area (Å²) in [6.45, 7) is 1.77. The van der Waals surface area contributed by atoms with E-state index in [9.17, 15) is 4.79 Å². The van der Waals surface area contributed by atoms with E-state index >= 15 is 0 Å². The summed E-state index contributed by atoms with van der Waals surface area (Å²) in [7, 11) is 0. The maximum absolute atomic E-state index is 10.7. The van der Waals surface area contributed by atoms with E-state index in [1.54, 1.807) is 12.5 Å². The lowest BCUT2D eigenvalue weighted by Crippen LogP contribution is -2.24. The molecule has 2 atom stereocenters. The van der Waals surface area contributed by atoms with E-state index in [0.717, 1.165) is 5.56 Å². The first kappa shape index (κ1) is 9.98. The van der Waals surface area contributed by atoms with E-state index in [1.807, 2.05) is 18.2 Å². The van der Waals surface area contributed by atoms with Crippen LogP contribution in [0.4, 0.5) is 0 Å². The van der Waals surface area contributed by atoms with Gasteiger partial charge in [-0.1, -0.05) is 6.08 Å². The monoisotopic (exact) mass is 208 g/mol. The average molecular weight is 208 g/mol. The van der Waals surface area contributed by atoms with E-state index < -0.39 is 0 Å². The molecule has 0 amide bonds. The molecule has 0 radical (unpaired) electrons. The minimum absolute atomic E-state index is 0.101. The first-order valence-corrected chi connectivity index (χ1v) is 4.75. The van der Waals surface area contributed by atoms with Gasteiger partial charge in [-0.05, 0) is 12.1 Å². The molecule has 0 aliphatic carbocycles. The zero-order valence-corrected chi connectivity index (χ0v) is 8.38. The molecular weight excluding hydrogens is 196 g/mol. The van der Waals surface area contributed by atoms with Crippen LogP contribution in [0, 0.1) is 0 Å². The number of carbonyl (C=O) groups excluding carboxylic acids is 1. The summed E-state index contributed by atoms with van der Waals surface area (Å²) >= 11 is 0. The third-order valence-electron chi connectivity index (χ3n) is 2.13. The van der Waals surface area contributed by atoms with Crippen LogP contribution in [0.1, 0.15) is 18.6 Å². The van der Waals surface area contributed by atoms with Crippen LogP contribution in [0.2, 0.25) is 0 Å². The molecule has 1 aliphatic heterocycles. The van der Waals surface area contributed by atoms with Crippen molar-refractivity contribution >= 4 is 5.97 Å². The Labute approximate surface area is 87.5 Å². The van der Waals surface area contributed by atoms with Gasteiger partial charge in [0.05, 0.1) is 19.1 Å². The summed E-state index contributed by atoms with van der Waals surface area (Å²) in [4.78, 5) is 10.7. The lowest BCUT2D eigenvalue weighted by atomic mass is 10.1. The summed E-state index contributed by atoms with van der Waals surface area (Å²) in [5.41, 5.74) is 0.965. The Hall–Kier alpha value is -1.55. The van der Waals surface area contributed by atoms with Crippen LogP contribution in [-0.2, 0) is 14.3 Å². The third-order valence-corrected chi connectivity index (χ3v) is 2.13. The molecule has 1 aromatic heterocycles. The van der Waals surface area contributed by atoms with E-state index in [-0.39, 0.29) is 18.2 Å². The molecule has 0 saturated heterocycles. The van der Waals surface area contributed by atoms with Gasteiger partial charge in [0, 0.05) is 12.5 Å². The largest absolute Gasteiger partial charge is 0.472 e. The molecule has 0 saturated carbocycles. The Bertz CT molecular complexity index is 353.